The Morgan fingerprint density at radius 3 is 2.89 bits per heavy atom. The molecule has 0 bridgehead atoms. The van der Waals surface area contributed by atoms with E-state index in [1.54, 1.807) is 0 Å². The average molecular weight is 144 g/mol. The summed E-state index contributed by atoms with van der Waals surface area (Å²) in [5.74, 6) is 0. The monoisotopic (exact) mass is 144 g/mol. The number of aromatic amines is 1. The minimum absolute atomic E-state index is 0.141. The molecule has 9 heavy (non-hydrogen) atoms. The molecule has 3 N–H and O–H groups in total. The maximum Gasteiger partial charge on any atom is 0.340 e. The molecule has 0 aromatic carbocycles. The molecular formula is C3H4N4OS. The van der Waals surface area contributed by atoms with E-state index in [-0.39, 0.29) is 4.77 Å². The predicted molar refractivity (Wildman–Crippen MR) is 32.4 cm³/mol. The van der Waals surface area contributed by atoms with E-state index in [2.05, 4.69) is 22.3 Å². The lowest BCUT2D eigenvalue weighted by Gasteiger charge is -1.88. The standard InChI is InChI=1S/C3H4N4OS/c4-2(8)7-3(9)5-1-6-7/h1H,(H2,4,8)(H,5,6,9). The van der Waals surface area contributed by atoms with Gasteiger partial charge in [-0.15, -0.1) is 0 Å². The number of hydrogen-bond acceptors (Lipinski definition) is 3. The van der Waals surface area contributed by atoms with Crippen LogP contribution in [-0.4, -0.2) is 20.8 Å². The van der Waals surface area contributed by atoms with Crippen LogP contribution in [0, 0.1) is 4.77 Å². The number of nitrogens with zero attached hydrogens (tertiary/aromatic N) is 2. The maximum atomic E-state index is 10.3. The lowest BCUT2D eigenvalue weighted by molar-refractivity contribution is 0.247. The Morgan fingerprint density at radius 1 is 2.00 bits per heavy atom. The zero-order chi connectivity index (χ0) is 6.85. The first-order valence-corrected chi connectivity index (χ1v) is 2.55. The molecule has 1 amide bonds. The van der Waals surface area contributed by atoms with Crippen molar-refractivity contribution < 1.29 is 4.79 Å². The summed E-state index contributed by atoms with van der Waals surface area (Å²) in [7, 11) is 0. The molecule has 1 aromatic rings. The highest BCUT2D eigenvalue weighted by atomic mass is 32.1. The number of rotatable bonds is 0. The van der Waals surface area contributed by atoms with Crippen LogP contribution in [0.3, 0.4) is 0 Å². The molecule has 5 nitrogen and oxygen atoms in total. The Hall–Kier alpha value is -1.17. The summed E-state index contributed by atoms with van der Waals surface area (Å²) >= 11 is 4.58. The second kappa shape index (κ2) is 1.98. The SMILES string of the molecule is NC(=O)n1[nH]cnc1=S. The van der Waals surface area contributed by atoms with Crippen molar-refractivity contribution in [3.63, 3.8) is 0 Å². The molecule has 0 aliphatic rings. The number of H-pyrrole nitrogens is 1. The van der Waals surface area contributed by atoms with Gasteiger partial charge in [0.25, 0.3) is 0 Å². The van der Waals surface area contributed by atoms with Crippen LogP contribution in [0.5, 0.6) is 0 Å². The van der Waals surface area contributed by atoms with Crippen LogP contribution in [0.4, 0.5) is 4.79 Å². The summed E-state index contributed by atoms with van der Waals surface area (Å²) < 4.78 is 1.11. The fourth-order valence-corrected chi connectivity index (χ4v) is 0.608. The Kier molecular flexibility index (Phi) is 1.31. The first-order chi connectivity index (χ1) is 4.22. The van der Waals surface area contributed by atoms with Crippen molar-refractivity contribution in [2.45, 2.75) is 0 Å². The highest BCUT2D eigenvalue weighted by molar-refractivity contribution is 7.71. The number of carbonyl (C=O) groups is 1. The van der Waals surface area contributed by atoms with Gasteiger partial charge in [-0.2, -0.15) is 4.68 Å². The molecule has 1 heterocycles. The summed E-state index contributed by atoms with van der Waals surface area (Å²) in [5.41, 5.74) is 4.85. The first kappa shape index (κ1) is 5.96. The van der Waals surface area contributed by atoms with E-state index in [4.69, 9.17) is 5.73 Å². The predicted octanol–water partition coefficient (Wildman–Crippen LogP) is -0.133. The van der Waals surface area contributed by atoms with Gasteiger partial charge in [0.1, 0.15) is 6.33 Å². The van der Waals surface area contributed by atoms with Crippen molar-refractivity contribution in [2.75, 3.05) is 0 Å². The van der Waals surface area contributed by atoms with Crippen molar-refractivity contribution in [3.8, 4) is 0 Å². The van der Waals surface area contributed by atoms with Gasteiger partial charge in [0, 0.05) is 0 Å². The summed E-state index contributed by atoms with van der Waals surface area (Å²) in [5, 5.41) is 2.43. The van der Waals surface area contributed by atoms with Crippen LogP contribution < -0.4 is 5.73 Å². The van der Waals surface area contributed by atoms with Crippen molar-refractivity contribution >= 4 is 18.2 Å². The maximum absolute atomic E-state index is 10.3. The molecule has 6 heteroatoms. The van der Waals surface area contributed by atoms with Crippen molar-refractivity contribution in [2.24, 2.45) is 5.73 Å². The van der Waals surface area contributed by atoms with E-state index in [0.29, 0.717) is 0 Å². The summed E-state index contributed by atoms with van der Waals surface area (Å²) in [6.45, 7) is 0. The van der Waals surface area contributed by atoms with Crippen molar-refractivity contribution in [1.29, 1.82) is 0 Å². The number of nitrogens with one attached hydrogen (secondary N) is 1. The number of aromatic nitrogens is 3. The van der Waals surface area contributed by atoms with Gasteiger partial charge in [-0.05, 0) is 12.2 Å². The molecule has 1 aromatic heterocycles. The van der Waals surface area contributed by atoms with E-state index >= 15 is 0 Å². The summed E-state index contributed by atoms with van der Waals surface area (Å²) in [4.78, 5) is 13.9. The van der Waals surface area contributed by atoms with Crippen molar-refractivity contribution in [1.82, 2.24) is 14.8 Å². The fourth-order valence-electron chi connectivity index (χ4n) is 0.413. The van der Waals surface area contributed by atoms with E-state index in [9.17, 15) is 4.79 Å². The molecule has 1 rings (SSSR count). The molecule has 0 saturated carbocycles. The molecule has 0 fully saturated rings. The van der Waals surface area contributed by atoms with Crippen LogP contribution in [-0.2, 0) is 0 Å². The first-order valence-electron chi connectivity index (χ1n) is 2.14. The molecule has 0 aliphatic heterocycles. The van der Waals surface area contributed by atoms with Crippen LogP contribution in [0.1, 0.15) is 0 Å². The molecule has 0 aliphatic carbocycles. The zero-order valence-corrected chi connectivity index (χ0v) is 5.18. The second-order valence-electron chi connectivity index (χ2n) is 1.34. The lowest BCUT2D eigenvalue weighted by Crippen LogP contribution is -2.20. The Bertz CT molecular complexity index is 273. The van der Waals surface area contributed by atoms with E-state index < -0.39 is 6.03 Å². The molecule has 0 spiro atoms. The van der Waals surface area contributed by atoms with Crippen molar-refractivity contribution in [3.05, 3.63) is 11.1 Å². The Labute approximate surface area is 55.5 Å². The second-order valence-corrected chi connectivity index (χ2v) is 1.71. The van der Waals surface area contributed by atoms with Gasteiger partial charge in [-0.3, -0.25) is 5.10 Å². The number of carbonyl (C=O) groups excluding carboxylic acids is 1. The number of amides is 1. The largest absolute Gasteiger partial charge is 0.350 e. The molecule has 48 valence electrons. The van der Waals surface area contributed by atoms with Crippen LogP contribution in [0.25, 0.3) is 0 Å². The van der Waals surface area contributed by atoms with Gasteiger partial charge in [0.05, 0.1) is 0 Å². The summed E-state index contributed by atoms with van der Waals surface area (Å²) in [6.07, 6.45) is 1.30. The topological polar surface area (TPSA) is 76.7 Å². The minimum Gasteiger partial charge on any atom is -0.350 e. The third-order valence-electron chi connectivity index (χ3n) is 0.773. The Morgan fingerprint density at radius 2 is 2.67 bits per heavy atom. The summed E-state index contributed by atoms with van der Waals surface area (Å²) in [6, 6.07) is -0.655. The van der Waals surface area contributed by atoms with Gasteiger partial charge in [-0.1, -0.05) is 0 Å². The van der Waals surface area contributed by atoms with Crippen LogP contribution in [0.2, 0.25) is 0 Å². The molecule has 0 unspecified atom stereocenters. The van der Waals surface area contributed by atoms with Gasteiger partial charge in [0.2, 0.25) is 4.77 Å². The third kappa shape index (κ3) is 0.968. The van der Waals surface area contributed by atoms with Crippen LogP contribution in [0.15, 0.2) is 6.33 Å². The number of nitrogens with two attached hydrogens (primary N) is 1. The quantitative estimate of drug-likeness (QED) is 0.498. The normalized spacial score (nSPS) is 9.33. The third-order valence-corrected chi connectivity index (χ3v) is 1.06. The highest BCUT2D eigenvalue weighted by Gasteiger charge is 1.96. The number of primary amides is 1. The van der Waals surface area contributed by atoms with Crippen LogP contribution >= 0.6 is 12.2 Å². The van der Waals surface area contributed by atoms with E-state index in [0.717, 1.165) is 4.68 Å². The zero-order valence-electron chi connectivity index (χ0n) is 4.37. The van der Waals surface area contributed by atoms with Gasteiger partial charge in [-0.25, -0.2) is 9.78 Å². The minimum atomic E-state index is -0.655. The number of hydrogen-bond donors (Lipinski definition) is 2. The molecule has 0 atom stereocenters. The van der Waals surface area contributed by atoms with Gasteiger partial charge < -0.3 is 5.73 Å². The lowest BCUT2D eigenvalue weighted by atomic mass is 11.0. The van der Waals surface area contributed by atoms with E-state index in [1.807, 2.05) is 0 Å². The fraction of sp³-hybridized carbons (Fsp3) is 0. The average Bonchev–Trinajstić information content (AvgIpc) is 2.13. The molecular weight excluding hydrogens is 140 g/mol. The molecule has 0 radical (unpaired) electrons. The molecule has 0 saturated heterocycles. The Balaban J connectivity index is 3.24. The smallest absolute Gasteiger partial charge is 0.340 e. The van der Waals surface area contributed by atoms with Gasteiger partial charge in [0.15, 0.2) is 0 Å². The van der Waals surface area contributed by atoms with E-state index in [1.165, 1.54) is 6.33 Å². The van der Waals surface area contributed by atoms with Gasteiger partial charge >= 0.3 is 6.03 Å². The highest BCUT2D eigenvalue weighted by Crippen LogP contribution is 1.80.